The van der Waals surface area contributed by atoms with Crippen LogP contribution < -0.4 is 10.2 Å². The van der Waals surface area contributed by atoms with Crippen LogP contribution in [0.15, 0.2) is 52.0 Å². The van der Waals surface area contributed by atoms with Crippen LogP contribution in [0.5, 0.6) is 5.75 Å². The zero-order valence-electron chi connectivity index (χ0n) is 12.0. The van der Waals surface area contributed by atoms with Crippen LogP contribution in [0, 0.1) is 10.1 Å². The Labute approximate surface area is 140 Å². The van der Waals surface area contributed by atoms with Crippen LogP contribution in [0.25, 0.3) is 0 Å². The highest BCUT2D eigenvalue weighted by molar-refractivity contribution is 9.10. The number of nitro groups is 1. The Morgan fingerprint density at radius 2 is 2.00 bits per heavy atom. The maximum Gasteiger partial charge on any atom is 0.275 e. The monoisotopic (exact) mass is 377 g/mol. The van der Waals surface area contributed by atoms with Crippen molar-refractivity contribution in [3.8, 4) is 5.75 Å². The Morgan fingerprint density at radius 1 is 1.30 bits per heavy atom. The molecule has 0 aliphatic carbocycles. The van der Waals surface area contributed by atoms with Gasteiger partial charge in [0.15, 0.2) is 0 Å². The van der Waals surface area contributed by atoms with Gasteiger partial charge < -0.3 is 4.74 Å². The van der Waals surface area contributed by atoms with Crippen molar-refractivity contribution in [1.82, 2.24) is 5.43 Å². The number of hydrazone groups is 1. The van der Waals surface area contributed by atoms with Crippen molar-refractivity contribution < 1.29 is 14.5 Å². The van der Waals surface area contributed by atoms with Gasteiger partial charge in [-0.15, -0.1) is 0 Å². The van der Waals surface area contributed by atoms with Gasteiger partial charge in [-0.05, 0) is 35.9 Å². The molecule has 118 valence electrons. The van der Waals surface area contributed by atoms with Crippen molar-refractivity contribution in [2.75, 3.05) is 7.11 Å². The van der Waals surface area contributed by atoms with Gasteiger partial charge >= 0.3 is 0 Å². The largest absolute Gasteiger partial charge is 0.496 e. The lowest BCUT2D eigenvalue weighted by Crippen LogP contribution is -2.18. The van der Waals surface area contributed by atoms with E-state index >= 15 is 0 Å². The van der Waals surface area contributed by atoms with Crippen LogP contribution in [-0.2, 0) is 0 Å². The molecule has 0 fully saturated rings. The van der Waals surface area contributed by atoms with Crippen LogP contribution >= 0.6 is 15.9 Å². The molecule has 0 spiro atoms. The van der Waals surface area contributed by atoms with Crippen LogP contribution in [-0.4, -0.2) is 24.2 Å². The molecule has 8 heteroatoms. The van der Waals surface area contributed by atoms with Crippen LogP contribution in [0.4, 0.5) is 5.69 Å². The molecule has 23 heavy (non-hydrogen) atoms. The topological polar surface area (TPSA) is 93.8 Å². The fraction of sp³-hybridized carbons (Fsp3) is 0.0667. The summed E-state index contributed by atoms with van der Waals surface area (Å²) in [6.45, 7) is 0. The Kier molecular flexibility index (Phi) is 5.42. The summed E-state index contributed by atoms with van der Waals surface area (Å²) < 4.78 is 5.93. The SMILES string of the molecule is COc1cc(Br)ccc1C(=O)N/N=C/c1ccc([N+](=O)[O-])cc1. The fourth-order valence-corrected chi connectivity index (χ4v) is 2.10. The Bertz CT molecular complexity index is 760. The first-order chi connectivity index (χ1) is 11.0. The first-order valence-electron chi connectivity index (χ1n) is 6.42. The number of hydrogen-bond acceptors (Lipinski definition) is 5. The first-order valence-corrected chi connectivity index (χ1v) is 7.22. The number of rotatable bonds is 5. The summed E-state index contributed by atoms with van der Waals surface area (Å²) in [6.07, 6.45) is 1.40. The second kappa shape index (κ2) is 7.50. The lowest BCUT2D eigenvalue weighted by atomic mass is 10.2. The molecule has 0 radical (unpaired) electrons. The number of methoxy groups -OCH3 is 1. The molecule has 0 aliphatic rings. The number of nitro benzene ring substituents is 1. The number of amides is 1. The highest BCUT2D eigenvalue weighted by Crippen LogP contribution is 2.23. The number of non-ortho nitro benzene ring substituents is 1. The average Bonchev–Trinajstić information content (AvgIpc) is 2.55. The second-order valence-electron chi connectivity index (χ2n) is 4.39. The minimum atomic E-state index is -0.484. The quantitative estimate of drug-likeness (QED) is 0.491. The number of hydrogen-bond donors (Lipinski definition) is 1. The predicted octanol–water partition coefficient (Wildman–Crippen LogP) is 3.13. The maximum atomic E-state index is 12.1. The van der Waals surface area contributed by atoms with E-state index in [4.69, 9.17) is 4.74 Å². The third-order valence-corrected chi connectivity index (χ3v) is 3.39. The summed E-state index contributed by atoms with van der Waals surface area (Å²) in [5.74, 6) is -0.00470. The van der Waals surface area contributed by atoms with Gasteiger partial charge in [0.05, 0.1) is 23.8 Å². The van der Waals surface area contributed by atoms with E-state index in [0.29, 0.717) is 16.9 Å². The van der Waals surface area contributed by atoms with Gasteiger partial charge in [-0.25, -0.2) is 5.43 Å². The van der Waals surface area contributed by atoms with Gasteiger partial charge in [0.25, 0.3) is 11.6 Å². The van der Waals surface area contributed by atoms with Gasteiger partial charge in [-0.3, -0.25) is 14.9 Å². The van der Waals surface area contributed by atoms with E-state index in [1.807, 2.05) is 0 Å². The molecule has 0 aromatic heterocycles. The molecule has 1 amide bonds. The van der Waals surface area contributed by atoms with Crippen molar-refractivity contribution in [1.29, 1.82) is 0 Å². The van der Waals surface area contributed by atoms with Crippen molar-refractivity contribution in [3.63, 3.8) is 0 Å². The highest BCUT2D eigenvalue weighted by Gasteiger charge is 2.11. The normalized spacial score (nSPS) is 10.5. The zero-order chi connectivity index (χ0) is 16.8. The van der Waals surface area contributed by atoms with E-state index < -0.39 is 10.8 Å². The zero-order valence-corrected chi connectivity index (χ0v) is 13.6. The van der Waals surface area contributed by atoms with Crippen molar-refractivity contribution >= 4 is 33.7 Å². The standard InChI is InChI=1S/C15H12BrN3O4/c1-23-14-8-11(16)4-7-13(14)15(20)18-17-9-10-2-5-12(6-3-10)19(21)22/h2-9H,1H3,(H,18,20)/b17-9+. The number of benzene rings is 2. The van der Waals surface area contributed by atoms with E-state index in [2.05, 4.69) is 26.5 Å². The van der Waals surface area contributed by atoms with Crippen LogP contribution in [0.2, 0.25) is 0 Å². The van der Waals surface area contributed by atoms with E-state index in [-0.39, 0.29) is 5.69 Å². The molecule has 0 bridgehead atoms. The van der Waals surface area contributed by atoms with Crippen molar-refractivity contribution in [2.24, 2.45) is 5.10 Å². The molecule has 0 saturated heterocycles. The third-order valence-electron chi connectivity index (χ3n) is 2.89. The Balaban J connectivity index is 2.05. The summed E-state index contributed by atoms with van der Waals surface area (Å²) in [5, 5.41) is 14.4. The number of carbonyl (C=O) groups excluding carboxylic acids is 1. The van der Waals surface area contributed by atoms with Crippen molar-refractivity contribution in [2.45, 2.75) is 0 Å². The van der Waals surface area contributed by atoms with Gasteiger partial charge in [0.1, 0.15) is 5.75 Å². The smallest absolute Gasteiger partial charge is 0.275 e. The molecule has 0 heterocycles. The lowest BCUT2D eigenvalue weighted by Gasteiger charge is -2.07. The first kappa shape index (κ1) is 16.6. The highest BCUT2D eigenvalue weighted by atomic mass is 79.9. The number of ether oxygens (including phenoxy) is 1. The molecule has 0 atom stereocenters. The molecule has 0 saturated carbocycles. The average molecular weight is 378 g/mol. The number of nitrogens with one attached hydrogen (secondary N) is 1. The molecule has 2 rings (SSSR count). The lowest BCUT2D eigenvalue weighted by molar-refractivity contribution is -0.384. The second-order valence-corrected chi connectivity index (χ2v) is 5.31. The van der Waals surface area contributed by atoms with Crippen LogP contribution in [0.1, 0.15) is 15.9 Å². The summed E-state index contributed by atoms with van der Waals surface area (Å²) in [6, 6.07) is 10.8. The molecule has 7 nitrogen and oxygen atoms in total. The Hall–Kier alpha value is -2.74. The van der Waals surface area contributed by atoms with Crippen LogP contribution in [0.3, 0.4) is 0 Å². The minimum absolute atomic E-state index is 0.00853. The van der Waals surface area contributed by atoms with Gasteiger partial charge in [0, 0.05) is 16.6 Å². The predicted molar refractivity (Wildman–Crippen MR) is 88.9 cm³/mol. The molecule has 0 aliphatic heterocycles. The van der Waals surface area contributed by atoms with Gasteiger partial charge in [-0.1, -0.05) is 15.9 Å². The maximum absolute atomic E-state index is 12.1. The summed E-state index contributed by atoms with van der Waals surface area (Å²) in [7, 11) is 1.47. The van der Waals surface area contributed by atoms with Gasteiger partial charge in [-0.2, -0.15) is 5.10 Å². The molecular formula is C15H12BrN3O4. The van der Waals surface area contributed by atoms with Gasteiger partial charge in [0.2, 0.25) is 0 Å². The molecular weight excluding hydrogens is 366 g/mol. The number of halogens is 1. The summed E-state index contributed by atoms with van der Waals surface area (Å²) in [4.78, 5) is 22.1. The number of carbonyl (C=O) groups is 1. The Morgan fingerprint density at radius 3 is 2.61 bits per heavy atom. The molecule has 2 aromatic carbocycles. The molecule has 1 N–H and O–H groups in total. The van der Waals surface area contributed by atoms with E-state index in [1.165, 1.54) is 37.6 Å². The fourth-order valence-electron chi connectivity index (χ4n) is 1.76. The van der Waals surface area contributed by atoms with Crippen molar-refractivity contribution in [3.05, 3.63) is 68.2 Å². The third kappa shape index (κ3) is 4.36. The summed E-state index contributed by atoms with van der Waals surface area (Å²) >= 11 is 3.30. The van der Waals surface area contributed by atoms with E-state index in [1.54, 1.807) is 18.2 Å². The summed E-state index contributed by atoms with van der Waals surface area (Å²) in [5.41, 5.74) is 3.34. The minimum Gasteiger partial charge on any atom is -0.496 e. The van der Waals surface area contributed by atoms with E-state index in [0.717, 1.165) is 4.47 Å². The van der Waals surface area contributed by atoms with E-state index in [9.17, 15) is 14.9 Å². The number of nitrogens with zero attached hydrogens (tertiary/aromatic N) is 2. The molecule has 0 unspecified atom stereocenters. The molecule has 2 aromatic rings.